The molecule has 11 heteroatoms. The molecular formula is C14H19F3N2O6. The Morgan fingerprint density at radius 3 is 2.48 bits per heavy atom. The van der Waals surface area contributed by atoms with Gasteiger partial charge in [0.05, 0.1) is 6.04 Å². The molecule has 0 unspecified atom stereocenters. The number of carbonyl (C=O) groups is 4. The van der Waals surface area contributed by atoms with Gasteiger partial charge < -0.3 is 19.7 Å². The van der Waals surface area contributed by atoms with E-state index in [-0.39, 0.29) is 5.78 Å². The number of likely N-dealkylation sites (N-methyl/N-ethyl adjacent to an activating group) is 1. The van der Waals surface area contributed by atoms with Crippen LogP contribution in [-0.2, 0) is 23.9 Å². The second-order valence-corrected chi connectivity index (χ2v) is 5.52. The summed E-state index contributed by atoms with van der Waals surface area (Å²) in [4.78, 5) is 46.7. The molecule has 2 amide bonds. The van der Waals surface area contributed by atoms with Crippen molar-refractivity contribution in [2.45, 2.75) is 50.9 Å². The van der Waals surface area contributed by atoms with E-state index in [0.29, 0.717) is 12.8 Å². The fraction of sp³-hybridized carbons (Fsp3) is 0.714. The van der Waals surface area contributed by atoms with Crippen LogP contribution in [0, 0.1) is 0 Å². The minimum atomic E-state index is -5.13. The van der Waals surface area contributed by atoms with Gasteiger partial charge in [0.25, 0.3) is 0 Å². The fourth-order valence-corrected chi connectivity index (χ4v) is 2.20. The minimum Gasteiger partial charge on any atom is -0.426 e. The molecule has 0 aromatic rings. The summed E-state index contributed by atoms with van der Waals surface area (Å²) in [5.74, 6) is -3.59. The third kappa shape index (κ3) is 6.24. The number of carbonyl (C=O) groups excluding carboxylic acids is 4. The van der Waals surface area contributed by atoms with Gasteiger partial charge in [-0.3, -0.25) is 9.59 Å². The summed E-state index contributed by atoms with van der Waals surface area (Å²) >= 11 is 0. The number of alkyl halides is 3. The molecule has 25 heavy (non-hydrogen) atoms. The van der Waals surface area contributed by atoms with Gasteiger partial charge in [-0.1, -0.05) is 6.42 Å². The lowest BCUT2D eigenvalue weighted by Crippen LogP contribution is -2.46. The van der Waals surface area contributed by atoms with Gasteiger partial charge in [-0.05, 0) is 19.8 Å². The van der Waals surface area contributed by atoms with Crippen LogP contribution in [0.1, 0.15) is 32.6 Å². The van der Waals surface area contributed by atoms with Crippen LogP contribution in [0.2, 0.25) is 0 Å². The average Bonchev–Trinajstić information content (AvgIpc) is 2.53. The zero-order chi connectivity index (χ0) is 19.2. The second kappa shape index (κ2) is 8.67. The summed E-state index contributed by atoms with van der Waals surface area (Å²) in [6.07, 6.45) is -3.61. The first-order chi connectivity index (χ1) is 11.5. The molecule has 1 rings (SSSR count). The quantitative estimate of drug-likeness (QED) is 0.577. The zero-order valence-corrected chi connectivity index (χ0v) is 13.7. The van der Waals surface area contributed by atoms with Crippen LogP contribution >= 0.6 is 0 Å². The van der Waals surface area contributed by atoms with Crippen molar-refractivity contribution in [3.8, 4) is 0 Å². The van der Waals surface area contributed by atoms with Crippen LogP contribution in [0.15, 0.2) is 0 Å². The number of ketones is 1. The van der Waals surface area contributed by atoms with Gasteiger partial charge in [-0.25, -0.2) is 9.59 Å². The maximum atomic E-state index is 12.1. The maximum absolute atomic E-state index is 12.1. The molecule has 1 aliphatic rings. The van der Waals surface area contributed by atoms with E-state index in [2.05, 4.69) is 9.47 Å². The average molecular weight is 368 g/mol. The summed E-state index contributed by atoms with van der Waals surface area (Å²) in [6.45, 7) is 0.135. The Balaban J connectivity index is 2.37. The molecule has 1 saturated carbocycles. The smallest absolute Gasteiger partial charge is 0.426 e. The van der Waals surface area contributed by atoms with E-state index in [4.69, 9.17) is 0 Å². The summed E-state index contributed by atoms with van der Waals surface area (Å²) in [5, 5.41) is 1.40. The minimum absolute atomic E-state index is 0.0915. The third-order valence-electron chi connectivity index (χ3n) is 3.62. The van der Waals surface area contributed by atoms with Crippen LogP contribution < -0.4 is 5.32 Å². The van der Waals surface area contributed by atoms with E-state index in [1.54, 1.807) is 0 Å². The molecule has 2 atom stereocenters. The van der Waals surface area contributed by atoms with Crippen LogP contribution in [-0.4, -0.2) is 60.8 Å². The predicted octanol–water partition coefficient (Wildman–Crippen LogP) is 1.13. The van der Waals surface area contributed by atoms with Crippen molar-refractivity contribution in [2.75, 3.05) is 13.8 Å². The molecule has 1 fully saturated rings. The van der Waals surface area contributed by atoms with Crippen molar-refractivity contribution >= 4 is 23.8 Å². The van der Waals surface area contributed by atoms with E-state index in [9.17, 15) is 32.3 Å². The highest BCUT2D eigenvalue weighted by atomic mass is 19.4. The lowest BCUT2D eigenvalue weighted by atomic mass is 9.93. The number of esters is 1. The Bertz CT molecular complexity index is 537. The Morgan fingerprint density at radius 1 is 1.28 bits per heavy atom. The normalized spacial score (nSPS) is 18.9. The molecule has 8 nitrogen and oxygen atoms in total. The van der Waals surface area contributed by atoms with Crippen LogP contribution in [0.5, 0.6) is 0 Å². The lowest BCUT2D eigenvalue weighted by molar-refractivity contribution is -0.176. The first-order valence-corrected chi connectivity index (χ1v) is 7.50. The molecule has 0 aromatic carbocycles. The van der Waals surface area contributed by atoms with Gasteiger partial charge in [0, 0.05) is 13.5 Å². The second-order valence-electron chi connectivity index (χ2n) is 5.52. The molecule has 0 radical (unpaired) electrons. The Morgan fingerprint density at radius 2 is 1.92 bits per heavy atom. The van der Waals surface area contributed by atoms with E-state index in [0.717, 1.165) is 24.7 Å². The predicted molar refractivity (Wildman–Crippen MR) is 76.1 cm³/mol. The highest BCUT2D eigenvalue weighted by Gasteiger charge is 2.40. The monoisotopic (exact) mass is 368 g/mol. The highest BCUT2D eigenvalue weighted by molar-refractivity contribution is 5.88. The van der Waals surface area contributed by atoms with Gasteiger partial charge in [0.1, 0.15) is 6.04 Å². The van der Waals surface area contributed by atoms with Crippen molar-refractivity contribution in [3.05, 3.63) is 0 Å². The molecule has 142 valence electrons. The molecule has 1 aliphatic carbocycles. The van der Waals surface area contributed by atoms with E-state index < -0.39 is 43.0 Å². The topological polar surface area (TPSA) is 102 Å². The standard InChI is InChI=1S/C14H19F3N2O6/c1-8(18-12(22)14(15,16)17)11(21)24-7-25-13(23)19(2)9-5-3-4-6-10(9)20/h8-9H,3-7H2,1-2H3,(H,18,22)/t8-,9+/m0/s1. The number of hydrogen-bond donors (Lipinski definition) is 1. The number of hydrogen-bond acceptors (Lipinski definition) is 6. The van der Waals surface area contributed by atoms with E-state index >= 15 is 0 Å². The van der Waals surface area contributed by atoms with Crippen LogP contribution in [0.25, 0.3) is 0 Å². The third-order valence-corrected chi connectivity index (χ3v) is 3.62. The Hall–Kier alpha value is -2.33. The fourth-order valence-electron chi connectivity index (χ4n) is 2.20. The first kappa shape index (κ1) is 20.7. The van der Waals surface area contributed by atoms with Gasteiger partial charge in [-0.2, -0.15) is 13.2 Å². The number of ether oxygens (including phenoxy) is 2. The van der Waals surface area contributed by atoms with Gasteiger partial charge in [0.15, 0.2) is 5.78 Å². The zero-order valence-electron chi connectivity index (χ0n) is 13.7. The number of nitrogens with one attached hydrogen (secondary N) is 1. The summed E-state index contributed by atoms with van der Waals surface area (Å²) in [7, 11) is 1.37. The van der Waals surface area contributed by atoms with Crippen molar-refractivity contribution in [1.82, 2.24) is 10.2 Å². The molecule has 0 aliphatic heterocycles. The van der Waals surface area contributed by atoms with Crippen molar-refractivity contribution < 1.29 is 41.8 Å². The van der Waals surface area contributed by atoms with Gasteiger partial charge in [-0.15, -0.1) is 0 Å². The molecule has 0 aromatic heterocycles. The van der Waals surface area contributed by atoms with Crippen LogP contribution in [0.4, 0.5) is 18.0 Å². The van der Waals surface area contributed by atoms with Gasteiger partial charge in [0.2, 0.25) is 6.79 Å². The number of halogens is 3. The number of Topliss-reactive ketones (excluding diaryl/α,β-unsaturated/α-hetero) is 1. The summed E-state index contributed by atoms with van der Waals surface area (Å²) in [6, 6.07) is -2.19. The van der Waals surface area contributed by atoms with Crippen molar-refractivity contribution in [3.63, 3.8) is 0 Å². The maximum Gasteiger partial charge on any atom is 0.471 e. The number of amides is 2. The SMILES string of the molecule is C[C@H](NC(=O)C(F)(F)F)C(=O)OCOC(=O)N(C)[C@@H]1CCCCC1=O. The molecule has 1 N–H and O–H groups in total. The number of nitrogens with zero attached hydrogens (tertiary/aromatic N) is 1. The van der Waals surface area contributed by atoms with Crippen molar-refractivity contribution in [1.29, 1.82) is 0 Å². The Kier molecular flexibility index (Phi) is 7.19. The highest BCUT2D eigenvalue weighted by Crippen LogP contribution is 2.19. The lowest BCUT2D eigenvalue weighted by Gasteiger charge is -2.29. The number of rotatable bonds is 5. The van der Waals surface area contributed by atoms with Crippen LogP contribution in [0.3, 0.4) is 0 Å². The van der Waals surface area contributed by atoms with E-state index in [1.165, 1.54) is 12.4 Å². The summed E-state index contributed by atoms with van der Waals surface area (Å²) in [5.41, 5.74) is 0. The first-order valence-electron chi connectivity index (χ1n) is 7.50. The molecule has 0 spiro atoms. The largest absolute Gasteiger partial charge is 0.471 e. The molecule has 0 bridgehead atoms. The Labute approximate surface area is 141 Å². The van der Waals surface area contributed by atoms with Gasteiger partial charge >= 0.3 is 24.1 Å². The molecule has 0 heterocycles. The summed E-state index contributed by atoms with van der Waals surface area (Å²) < 4.78 is 45.3. The van der Waals surface area contributed by atoms with E-state index in [1.807, 2.05) is 0 Å². The molecule has 0 saturated heterocycles. The van der Waals surface area contributed by atoms with Crippen molar-refractivity contribution in [2.24, 2.45) is 0 Å². The molecular weight excluding hydrogens is 349 g/mol.